The molecule has 0 aromatic heterocycles. The Hall–Kier alpha value is -1.64. The number of hydrogen-bond acceptors (Lipinski definition) is 2. The maximum atomic E-state index is 11.0. The predicted octanol–water partition coefficient (Wildman–Crippen LogP) is 3.27. The standard InChI is InChI=1S/C19H23NO/c1-20-14-8-13-17(20)19(21)18(15-9-4-2-5-10-15)16-11-6-3-7-12-16/h2-7,9-12,17-19,21H,8,13-14H2,1H3/t17-,19-/m1/s1. The number of likely N-dealkylation sites (N-methyl/N-ethyl adjacent to an activating group) is 1. The molecular weight excluding hydrogens is 258 g/mol. The first-order chi connectivity index (χ1) is 10.3. The molecule has 21 heavy (non-hydrogen) atoms. The first kappa shape index (κ1) is 14.3. The SMILES string of the molecule is CN1CCC[C@@H]1[C@@H](O)C(c1ccccc1)c1ccccc1. The van der Waals surface area contributed by atoms with E-state index in [4.69, 9.17) is 0 Å². The summed E-state index contributed by atoms with van der Waals surface area (Å²) in [7, 11) is 2.12. The molecule has 0 aliphatic carbocycles. The highest BCUT2D eigenvalue weighted by molar-refractivity contribution is 5.34. The molecule has 2 nitrogen and oxygen atoms in total. The van der Waals surface area contributed by atoms with E-state index < -0.39 is 0 Å². The fraction of sp³-hybridized carbons (Fsp3) is 0.368. The third-order valence-corrected chi connectivity index (χ3v) is 4.63. The number of likely N-dealkylation sites (tertiary alicyclic amines) is 1. The normalized spacial score (nSPS) is 20.8. The lowest BCUT2D eigenvalue weighted by Crippen LogP contribution is -2.40. The van der Waals surface area contributed by atoms with Crippen LogP contribution in [0, 0.1) is 0 Å². The van der Waals surface area contributed by atoms with Crippen LogP contribution in [0.3, 0.4) is 0 Å². The Bertz CT molecular complexity index is 515. The maximum absolute atomic E-state index is 11.0. The van der Waals surface area contributed by atoms with Gasteiger partial charge in [-0.25, -0.2) is 0 Å². The average Bonchev–Trinajstić information content (AvgIpc) is 2.96. The quantitative estimate of drug-likeness (QED) is 0.929. The second-order valence-electron chi connectivity index (χ2n) is 5.98. The molecule has 0 saturated carbocycles. The number of benzene rings is 2. The van der Waals surface area contributed by atoms with Crippen LogP contribution < -0.4 is 0 Å². The molecule has 1 N–H and O–H groups in total. The summed E-state index contributed by atoms with van der Waals surface area (Å²) in [6, 6.07) is 21.0. The van der Waals surface area contributed by atoms with Crippen LogP contribution in [0.25, 0.3) is 0 Å². The van der Waals surface area contributed by atoms with Crippen molar-refractivity contribution in [3.05, 3.63) is 71.8 Å². The minimum Gasteiger partial charge on any atom is -0.391 e. The zero-order chi connectivity index (χ0) is 14.7. The summed E-state index contributed by atoms with van der Waals surface area (Å²) < 4.78 is 0. The predicted molar refractivity (Wildman–Crippen MR) is 86.4 cm³/mol. The summed E-state index contributed by atoms with van der Waals surface area (Å²) >= 11 is 0. The number of hydrogen-bond donors (Lipinski definition) is 1. The van der Waals surface area contributed by atoms with Gasteiger partial charge in [0.15, 0.2) is 0 Å². The zero-order valence-corrected chi connectivity index (χ0v) is 12.5. The van der Waals surface area contributed by atoms with E-state index >= 15 is 0 Å². The monoisotopic (exact) mass is 281 g/mol. The van der Waals surface area contributed by atoms with Crippen molar-refractivity contribution in [2.24, 2.45) is 0 Å². The fourth-order valence-corrected chi connectivity index (χ4v) is 3.50. The van der Waals surface area contributed by atoms with Gasteiger partial charge < -0.3 is 10.0 Å². The highest BCUT2D eigenvalue weighted by Crippen LogP contribution is 2.33. The lowest BCUT2D eigenvalue weighted by molar-refractivity contribution is 0.0723. The molecule has 0 amide bonds. The molecule has 0 unspecified atom stereocenters. The van der Waals surface area contributed by atoms with E-state index in [1.807, 2.05) is 12.1 Å². The number of rotatable bonds is 4. The van der Waals surface area contributed by atoms with Crippen LogP contribution in [-0.2, 0) is 0 Å². The van der Waals surface area contributed by atoms with Crippen LogP contribution in [0.4, 0.5) is 0 Å². The summed E-state index contributed by atoms with van der Waals surface area (Å²) in [5, 5.41) is 11.0. The van der Waals surface area contributed by atoms with E-state index in [1.54, 1.807) is 0 Å². The van der Waals surface area contributed by atoms with Crippen molar-refractivity contribution in [2.75, 3.05) is 13.6 Å². The van der Waals surface area contributed by atoms with Gasteiger partial charge >= 0.3 is 0 Å². The molecule has 1 aliphatic rings. The third kappa shape index (κ3) is 3.02. The van der Waals surface area contributed by atoms with Crippen LogP contribution in [0.15, 0.2) is 60.7 Å². The van der Waals surface area contributed by atoms with Crippen molar-refractivity contribution >= 4 is 0 Å². The summed E-state index contributed by atoms with van der Waals surface area (Å²) in [5.41, 5.74) is 2.38. The Morgan fingerprint density at radius 3 is 1.90 bits per heavy atom. The molecule has 2 atom stereocenters. The number of aliphatic hydroxyl groups excluding tert-OH is 1. The minimum absolute atomic E-state index is 0.0398. The minimum atomic E-state index is -0.373. The van der Waals surface area contributed by atoms with Gasteiger partial charge in [0.1, 0.15) is 0 Å². The van der Waals surface area contributed by atoms with E-state index in [-0.39, 0.29) is 18.1 Å². The zero-order valence-electron chi connectivity index (χ0n) is 12.5. The Morgan fingerprint density at radius 2 is 1.48 bits per heavy atom. The second-order valence-corrected chi connectivity index (χ2v) is 5.98. The Kier molecular flexibility index (Phi) is 4.37. The van der Waals surface area contributed by atoms with Crippen molar-refractivity contribution in [3.8, 4) is 0 Å². The van der Waals surface area contributed by atoms with Gasteiger partial charge in [-0.05, 0) is 37.6 Å². The molecule has 0 radical (unpaired) electrons. The lowest BCUT2D eigenvalue weighted by Gasteiger charge is -2.32. The Labute approximate surface area is 127 Å². The fourth-order valence-electron chi connectivity index (χ4n) is 3.50. The molecule has 0 bridgehead atoms. The van der Waals surface area contributed by atoms with Gasteiger partial charge in [-0.2, -0.15) is 0 Å². The van der Waals surface area contributed by atoms with E-state index in [0.29, 0.717) is 0 Å². The molecule has 2 aromatic rings. The molecular formula is C19H23NO. The first-order valence-electron chi connectivity index (χ1n) is 7.75. The molecule has 1 fully saturated rings. The highest BCUT2D eigenvalue weighted by Gasteiger charge is 2.34. The van der Waals surface area contributed by atoms with E-state index in [9.17, 15) is 5.11 Å². The molecule has 2 heteroatoms. The highest BCUT2D eigenvalue weighted by atomic mass is 16.3. The van der Waals surface area contributed by atoms with Crippen LogP contribution in [-0.4, -0.2) is 35.7 Å². The third-order valence-electron chi connectivity index (χ3n) is 4.63. The van der Waals surface area contributed by atoms with Gasteiger partial charge in [-0.3, -0.25) is 0 Å². The lowest BCUT2D eigenvalue weighted by atomic mass is 9.83. The molecule has 2 aromatic carbocycles. The van der Waals surface area contributed by atoms with Crippen molar-refractivity contribution in [2.45, 2.75) is 30.9 Å². The number of nitrogens with zero attached hydrogens (tertiary/aromatic N) is 1. The van der Waals surface area contributed by atoms with Gasteiger partial charge in [0.2, 0.25) is 0 Å². The first-order valence-corrected chi connectivity index (χ1v) is 7.75. The van der Waals surface area contributed by atoms with Gasteiger partial charge in [-0.1, -0.05) is 60.7 Å². The van der Waals surface area contributed by atoms with Gasteiger partial charge in [-0.15, -0.1) is 0 Å². The van der Waals surface area contributed by atoms with Gasteiger partial charge in [0.25, 0.3) is 0 Å². The summed E-state index contributed by atoms with van der Waals surface area (Å²) in [6.07, 6.45) is 1.88. The molecule has 0 spiro atoms. The van der Waals surface area contributed by atoms with E-state index in [2.05, 4.69) is 60.5 Å². The Balaban J connectivity index is 1.96. The summed E-state index contributed by atoms with van der Waals surface area (Å²) in [5.74, 6) is 0.0398. The molecule has 110 valence electrons. The number of aliphatic hydroxyl groups is 1. The van der Waals surface area contributed by atoms with Crippen LogP contribution in [0.5, 0.6) is 0 Å². The van der Waals surface area contributed by atoms with Crippen LogP contribution >= 0.6 is 0 Å². The average molecular weight is 281 g/mol. The topological polar surface area (TPSA) is 23.5 Å². The molecule has 1 saturated heterocycles. The smallest absolute Gasteiger partial charge is 0.0804 e. The summed E-state index contributed by atoms with van der Waals surface area (Å²) in [6.45, 7) is 1.08. The van der Waals surface area contributed by atoms with Crippen molar-refractivity contribution in [3.63, 3.8) is 0 Å². The largest absolute Gasteiger partial charge is 0.391 e. The second kappa shape index (κ2) is 6.42. The van der Waals surface area contributed by atoms with Crippen molar-refractivity contribution in [1.82, 2.24) is 4.90 Å². The summed E-state index contributed by atoms with van der Waals surface area (Å²) in [4.78, 5) is 2.30. The van der Waals surface area contributed by atoms with Crippen LogP contribution in [0.2, 0.25) is 0 Å². The van der Waals surface area contributed by atoms with Crippen molar-refractivity contribution in [1.29, 1.82) is 0 Å². The Morgan fingerprint density at radius 1 is 0.952 bits per heavy atom. The van der Waals surface area contributed by atoms with Gasteiger partial charge in [0, 0.05) is 12.0 Å². The van der Waals surface area contributed by atoms with Crippen molar-refractivity contribution < 1.29 is 5.11 Å². The molecule has 1 aliphatic heterocycles. The van der Waals surface area contributed by atoms with E-state index in [0.717, 1.165) is 13.0 Å². The van der Waals surface area contributed by atoms with Crippen LogP contribution in [0.1, 0.15) is 29.9 Å². The molecule has 3 rings (SSSR count). The molecule has 1 heterocycles. The van der Waals surface area contributed by atoms with Gasteiger partial charge in [0.05, 0.1) is 6.10 Å². The van der Waals surface area contributed by atoms with E-state index in [1.165, 1.54) is 17.5 Å². The maximum Gasteiger partial charge on any atom is 0.0804 e.